The Morgan fingerprint density at radius 3 is 3.12 bits per heavy atom. The van der Waals surface area contributed by atoms with Crippen molar-refractivity contribution in [1.82, 2.24) is 4.98 Å². The van der Waals surface area contributed by atoms with Crippen LogP contribution in [0.5, 0.6) is 0 Å². The number of hydrogen-bond donors (Lipinski definition) is 2. The van der Waals surface area contributed by atoms with Gasteiger partial charge >= 0.3 is 0 Å². The van der Waals surface area contributed by atoms with E-state index in [2.05, 4.69) is 4.98 Å². The first kappa shape index (κ1) is 10.9. The molecule has 1 aliphatic heterocycles. The summed E-state index contributed by atoms with van der Waals surface area (Å²) >= 11 is 0. The summed E-state index contributed by atoms with van der Waals surface area (Å²) in [5.74, 6) is -0.274. The van der Waals surface area contributed by atoms with Crippen molar-refractivity contribution < 1.29 is 4.79 Å². The maximum absolute atomic E-state index is 11.3. The largest absolute Gasteiger partial charge is 0.368 e. The second kappa shape index (κ2) is 4.49. The maximum atomic E-state index is 11.3. The molecule has 1 unspecified atom stereocenters. The normalized spacial score (nSPS) is 20.1. The lowest BCUT2D eigenvalue weighted by Gasteiger charge is -2.25. The van der Waals surface area contributed by atoms with Crippen molar-refractivity contribution in [2.45, 2.75) is 25.4 Å². The van der Waals surface area contributed by atoms with Gasteiger partial charge in [-0.1, -0.05) is 0 Å². The molecule has 1 fully saturated rings. The van der Waals surface area contributed by atoms with Crippen LogP contribution in [0.4, 0.5) is 5.69 Å². The number of carbonyl (C=O) groups excluding carboxylic acids is 1. The SMILES string of the molecule is NCc1ncccc1N1CCCC1C(N)=O. The predicted octanol–water partition coefficient (Wildman–Crippen LogP) is -0.00560. The van der Waals surface area contributed by atoms with E-state index in [0.29, 0.717) is 6.54 Å². The van der Waals surface area contributed by atoms with Gasteiger partial charge in [-0.3, -0.25) is 9.78 Å². The summed E-state index contributed by atoms with van der Waals surface area (Å²) < 4.78 is 0. The van der Waals surface area contributed by atoms with Crippen LogP contribution >= 0.6 is 0 Å². The number of nitrogens with two attached hydrogens (primary N) is 2. The second-order valence-corrected chi connectivity index (χ2v) is 3.93. The second-order valence-electron chi connectivity index (χ2n) is 3.93. The molecular weight excluding hydrogens is 204 g/mol. The van der Waals surface area contributed by atoms with Gasteiger partial charge in [-0.2, -0.15) is 0 Å². The Morgan fingerprint density at radius 2 is 2.44 bits per heavy atom. The molecule has 5 heteroatoms. The van der Waals surface area contributed by atoms with E-state index in [1.165, 1.54) is 0 Å². The molecule has 1 amide bonds. The van der Waals surface area contributed by atoms with E-state index in [4.69, 9.17) is 11.5 Å². The van der Waals surface area contributed by atoms with Crippen LogP contribution in [-0.4, -0.2) is 23.5 Å². The first-order chi connectivity index (χ1) is 7.74. The number of carbonyl (C=O) groups is 1. The highest BCUT2D eigenvalue weighted by molar-refractivity contribution is 5.84. The molecule has 0 saturated carbocycles. The summed E-state index contributed by atoms with van der Waals surface area (Å²) in [6.07, 6.45) is 3.50. The highest BCUT2D eigenvalue weighted by atomic mass is 16.1. The predicted molar refractivity (Wildman–Crippen MR) is 61.7 cm³/mol. The molecule has 0 aliphatic carbocycles. The smallest absolute Gasteiger partial charge is 0.240 e. The number of anilines is 1. The summed E-state index contributed by atoms with van der Waals surface area (Å²) in [5.41, 5.74) is 12.8. The summed E-state index contributed by atoms with van der Waals surface area (Å²) in [6, 6.07) is 3.58. The van der Waals surface area contributed by atoms with Gasteiger partial charge < -0.3 is 16.4 Å². The average Bonchev–Trinajstić information content (AvgIpc) is 2.77. The van der Waals surface area contributed by atoms with Crippen molar-refractivity contribution in [3.05, 3.63) is 24.0 Å². The third-order valence-electron chi connectivity index (χ3n) is 2.95. The number of hydrogen-bond acceptors (Lipinski definition) is 4. The summed E-state index contributed by atoms with van der Waals surface area (Å²) in [4.78, 5) is 17.5. The van der Waals surface area contributed by atoms with Crippen LogP contribution in [-0.2, 0) is 11.3 Å². The minimum atomic E-state index is -0.274. The number of primary amides is 1. The Morgan fingerprint density at radius 1 is 1.62 bits per heavy atom. The molecule has 0 aromatic carbocycles. The van der Waals surface area contributed by atoms with Crippen LogP contribution in [0.1, 0.15) is 18.5 Å². The Kier molecular flexibility index (Phi) is 3.05. The van der Waals surface area contributed by atoms with Crippen LogP contribution in [0.15, 0.2) is 18.3 Å². The van der Waals surface area contributed by atoms with Gasteiger partial charge in [0, 0.05) is 19.3 Å². The van der Waals surface area contributed by atoms with Crippen LogP contribution in [0, 0.1) is 0 Å². The van der Waals surface area contributed by atoms with Gasteiger partial charge in [0.25, 0.3) is 0 Å². The average molecular weight is 220 g/mol. The molecule has 5 nitrogen and oxygen atoms in total. The molecule has 0 bridgehead atoms. The summed E-state index contributed by atoms with van der Waals surface area (Å²) in [7, 11) is 0. The van der Waals surface area contributed by atoms with Crippen molar-refractivity contribution in [2.75, 3.05) is 11.4 Å². The first-order valence-corrected chi connectivity index (χ1v) is 5.44. The molecule has 86 valence electrons. The van der Waals surface area contributed by atoms with Crippen LogP contribution in [0.25, 0.3) is 0 Å². The van der Waals surface area contributed by atoms with E-state index in [1.807, 2.05) is 17.0 Å². The third kappa shape index (κ3) is 1.86. The topological polar surface area (TPSA) is 85.2 Å². The summed E-state index contributed by atoms with van der Waals surface area (Å²) in [5, 5.41) is 0. The van der Waals surface area contributed by atoms with E-state index in [1.54, 1.807) is 6.20 Å². The zero-order chi connectivity index (χ0) is 11.5. The van der Waals surface area contributed by atoms with E-state index in [-0.39, 0.29) is 11.9 Å². The molecule has 0 spiro atoms. The molecular formula is C11H16N4O. The standard InChI is InChI=1S/C11H16N4O/c12-7-8-9(3-1-5-14-8)15-6-2-4-10(15)11(13)16/h1,3,5,10H,2,4,6-7,12H2,(H2,13,16). The molecule has 1 aromatic rings. The minimum Gasteiger partial charge on any atom is -0.368 e. The molecule has 0 radical (unpaired) electrons. The number of rotatable bonds is 3. The van der Waals surface area contributed by atoms with Gasteiger partial charge in [0.2, 0.25) is 5.91 Å². The number of aromatic nitrogens is 1. The first-order valence-electron chi connectivity index (χ1n) is 5.44. The molecule has 1 atom stereocenters. The van der Waals surface area contributed by atoms with Crippen LogP contribution in [0.3, 0.4) is 0 Å². The minimum absolute atomic E-state index is 0.213. The monoisotopic (exact) mass is 220 g/mol. The van der Waals surface area contributed by atoms with Crippen molar-refractivity contribution in [3.63, 3.8) is 0 Å². The Bertz CT molecular complexity index is 393. The van der Waals surface area contributed by atoms with Gasteiger partial charge in [0.05, 0.1) is 11.4 Å². The van der Waals surface area contributed by atoms with Gasteiger partial charge in [0.1, 0.15) is 6.04 Å². The van der Waals surface area contributed by atoms with Gasteiger partial charge in [0.15, 0.2) is 0 Å². The molecule has 2 heterocycles. The van der Waals surface area contributed by atoms with Gasteiger partial charge in [-0.15, -0.1) is 0 Å². The molecule has 1 saturated heterocycles. The fraction of sp³-hybridized carbons (Fsp3) is 0.455. The van der Waals surface area contributed by atoms with Gasteiger partial charge in [-0.05, 0) is 25.0 Å². The highest BCUT2D eigenvalue weighted by Crippen LogP contribution is 2.27. The summed E-state index contributed by atoms with van der Waals surface area (Å²) in [6.45, 7) is 1.21. The maximum Gasteiger partial charge on any atom is 0.240 e. The zero-order valence-corrected chi connectivity index (χ0v) is 9.10. The fourth-order valence-electron chi connectivity index (χ4n) is 2.20. The molecule has 1 aliphatic rings. The lowest BCUT2D eigenvalue weighted by atomic mass is 10.2. The Balaban J connectivity index is 2.32. The molecule has 1 aromatic heterocycles. The Labute approximate surface area is 94.4 Å². The lowest BCUT2D eigenvalue weighted by molar-refractivity contribution is -0.119. The highest BCUT2D eigenvalue weighted by Gasteiger charge is 2.30. The van der Waals surface area contributed by atoms with Crippen molar-refractivity contribution in [3.8, 4) is 0 Å². The van der Waals surface area contributed by atoms with Crippen molar-refractivity contribution in [2.24, 2.45) is 11.5 Å². The number of amides is 1. The van der Waals surface area contributed by atoms with E-state index < -0.39 is 0 Å². The number of nitrogens with zero attached hydrogens (tertiary/aromatic N) is 2. The lowest BCUT2D eigenvalue weighted by Crippen LogP contribution is -2.41. The van der Waals surface area contributed by atoms with Crippen molar-refractivity contribution in [1.29, 1.82) is 0 Å². The van der Waals surface area contributed by atoms with Crippen LogP contribution < -0.4 is 16.4 Å². The number of pyridine rings is 1. The van der Waals surface area contributed by atoms with E-state index in [0.717, 1.165) is 30.8 Å². The van der Waals surface area contributed by atoms with E-state index >= 15 is 0 Å². The molecule has 16 heavy (non-hydrogen) atoms. The van der Waals surface area contributed by atoms with E-state index in [9.17, 15) is 4.79 Å². The third-order valence-corrected chi connectivity index (χ3v) is 2.95. The van der Waals surface area contributed by atoms with Crippen molar-refractivity contribution >= 4 is 11.6 Å². The Hall–Kier alpha value is -1.62. The molecule has 2 rings (SSSR count). The molecule has 4 N–H and O–H groups in total. The quantitative estimate of drug-likeness (QED) is 0.750. The van der Waals surface area contributed by atoms with Crippen LogP contribution in [0.2, 0.25) is 0 Å². The fourth-order valence-corrected chi connectivity index (χ4v) is 2.20. The van der Waals surface area contributed by atoms with Gasteiger partial charge in [-0.25, -0.2) is 0 Å². The zero-order valence-electron chi connectivity index (χ0n) is 9.10.